The van der Waals surface area contributed by atoms with Crippen molar-refractivity contribution < 1.29 is 9.72 Å². The van der Waals surface area contributed by atoms with Crippen molar-refractivity contribution in [2.45, 2.75) is 20.3 Å². The Labute approximate surface area is 111 Å². The molecule has 1 amide bonds. The zero-order valence-electron chi connectivity index (χ0n) is 10.9. The molecule has 0 aliphatic rings. The maximum atomic E-state index is 12.3. The van der Waals surface area contributed by atoms with Gasteiger partial charge in [-0.1, -0.05) is 19.1 Å². The van der Waals surface area contributed by atoms with E-state index in [4.69, 9.17) is 5.26 Å². The molecule has 6 nitrogen and oxygen atoms in total. The number of para-hydroxylation sites is 1. The molecule has 0 saturated carbocycles. The Morgan fingerprint density at radius 1 is 1.53 bits per heavy atom. The third-order valence-corrected chi connectivity index (χ3v) is 2.69. The van der Waals surface area contributed by atoms with Gasteiger partial charge in [0.25, 0.3) is 11.6 Å². The molecule has 19 heavy (non-hydrogen) atoms. The number of carbonyl (C=O) groups is 1. The molecule has 0 aliphatic carbocycles. The molecule has 1 rings (SSSR count). The summed E-state index contributed by atoms with van der Waals surface area (Å²) in [7, 11) is 0. The van der Waals surface area contributed by atoms with E-state index in [-0.39, 0.29) is 17.8 Å². The molecule has 1 aromatic rings. The lowest BCUT2D eigenvalue weighted by molar-refractivity contribution is -0.385. The first-order valence-corrected chi connectivity index (χ1v) is 5.93. The summed E-state index contributed by atoms with van der Waals surface area (Å²) in [6.07, 6.45) is 0.688. The predicted octanol–water partition coefficient (Wildman–Crippen LogP) is 2.28. The van der Waals surface area contributed by atoms with E-state index in [2.05, 4.69) is 0 Å². The van der Waals surface area contributed by atoms with Gasteiger partial charge in [0.1, 0.15) is 12.1 Å². The van der Waals surface area contributed by atoms with Gasteiger partial charge in [-0.3, -0.25) is 14.9 Å². The summed E-state index contributed by atoms with van der Waals surface area (Å²) in [4.78, 5) is 24.1. The summed E-state index contributed by atoms with van der Waals surface area (Å²) in [6.45, 7) is 3.79. The minimum Gasteiger partial charge on any atom is -0.325 e. The van der Waals surface area contributed by atoms with E-state index in [1.807, 2.05) is 13.0 Å². The molecular formula is C13H15N3O3. The zero-order chi connectivity index (χ0) is 14.4. The molecule has 0 bridgehead atoms. The molecule has 0 radical (unpaired) electrons. The Bertz CT molecular complexity index is 534. The number of nitriles is 1. The van der Waals surface area contributed by atoms with Crippen LogP contribution in [0.15, 0.2) is 18.2 Å². The molecule has 0 aromatic heterocycles. The third kappa shape index (κ3) is 3.28. The lowest BCUT2D eigenvalue weighted by Crippen LogP contribution is -2.32. The highest BCUT2D eigenvalue weighted by Crippen LogP contribution is 2.24. The molecule has 0 heterocycles. The fourth-order valence-corrected chi connectivity index (χ4v) is 1.85. The van der Waals surface area contributed by atoms with E-state index in [9.17, 15) is 14.9 Å². The Hall–Kier alpha value is -2.42. The van der Waals surface area contributed by atoms with Crippen LogP contribution in [0.2, 0.25) is 0 Å². The lowest BCUT2D eigenvalue weighted by Gasteiger charge is -2.18. The van der Waals surface area contributed by atoms with Crippen molar-refractivity contribution in [1.29, 1.82) is 5.26 Å². The average molecular weight is 261 g/mol. The minimum absolute atomic E-state index is 0.0358. The van der Waals surface area contributed by atoms with Crippen LogP contribution in [0.25, 0.3) is 0 Å². The topological polar surface area (TPSA) is 87.2 Å². The Morgan fingerprint density at radius 2 is 2.21 bits per heavy atom. The molecule has 0 aliphatic heterocycles. The summed E-state index contributed by atoms with van der Waals surface area (Å²) in [5, 5.41) is 19.8. The van der Waals surface area contributed by atoms with Gasteiger partial charge in [0.15, 0.2) is 0 Å². The standard InChI is InChI=1S/C13H15N3O3/c1-3-8-15(9-7-14)13(17)11-6-4-5-10(2)12(11)16(18)19/h4-6H,3,8-9H2,1-2H3. The summed E-state index contributed by atoms with van der Waals surface area (Å²) < 4.78 is 0. The second-order valence-corrected chi connectivity index (χ2v) is 4.11. The Kier molecular flexibility index (Phi) is 5.01. The summed E-state index contributed by atoms with van der Waals surface area (Å²) in [6, 6.07) is 6.52. The SMILES string of the molecule is CCCN(CC#N)C(=O)c1cccc(C)c1[N+](=O)[O-]. The molecule has 0 N–H and O–H groups in total. The molecule has 6 heteroatoms. The van der Waals surface area contributed by atoms with Crippen LogP contribution < -0.4 is 0 Å². The molecule has 0 saturated heterocycles. The van der Waals surface area contributed by atoms with Crippen LogP contribution in [0.4, 0.5) is 5.69 Å². The number of nitro groups is 1. The number of nitro benzene ring substituents is 1. The van der Waals surface area contributed by atoms with Gasteiger partial charge in [-0.2, -0.15) is 5.26 Å². The fraction of sp³-hybridized carbons (Fsp3) is 0.385. The Balaban J connectivity index is 3.21. The second-order valence-electron chi connectivity index (χ2n) is 4.11. The van der Waals surface area contributed by atoms with Gasteiger partial charge >= 0.3 is 0 Å². The molecular weight excluding hydrogens is 246 g/mol. The summed E-state index contributed by atoms with van der Waals surface area (Å²) in [5.74, 6) is -0.473. The highest BCUT2D eigenvalue weighted by atomic mass is 16.6. The third-order valence-electron chi connectivity index (χ3n) is 2.69. The van der Waals surface area contributed by atoms with E-state index in [0.717, 1.165) is 0 Å². The van der Waals surface area contributed by atoms with Crippen LogP contribution in [-0.2, 0) is 0 Å². The van der Waals surface area contributed by atoms with E-state index >= 15 is 0 Å². The molecule has 0 unspecified atom stereocenters. The van der Waals surface area contributed by atoms with Gasteiger partial charge in [-0.05, 0) is 19.4 Å². The van der Waals surface area contributed by atoms with Gasteiger partial charge < -0.3 is 4.90 Å². The largest absolute Gasteiger partial charge is 0.325 e. The van der Waals surface area contributed by atoms with Crippen molar-refractivity contribution in [2.24, 2.45) is 0 Å². The van der Waals surface area contributed by atoms with E-state index in [1.165, 1.54) is 11.0 Å². The van der Waals surface area contributed by atoms with Crippen molar-refractivity contribution in [3.05, 3.63) is 39.4 Å². The second kappa shape index (κ2) is 6.50. The van der Waals surface area contributed by atoms with E-state index in [0.29, 0.717) is 18.5 Å². The van der Waals surface area contributed by atoms with Crippen LogP contribution in [0, 0.1) is 28.4 Å². The summed E-state index contributed by atoms with van der Waals surface area (Å²) >= 11 is 0. The Morgan fingerprint density at radius 3 is 2.74 bits per heavy atom. The van der Waals surface area contributed by atoms with Crippen molar-refractivity contribution >= 4 is 11.6 Å². The number of rotatable bonds is 5. The number of aryl methyl sites for hydroxylation is 1. The molecule has 0 spiro atoms. The number of carbonyl (C=O) groups excluding carboxylic acids is 1. The van der Waals surface area contributed by atoms with Crippen molar-refractivity contribution in [3.8, 4) is 6.07 Å². The van der Waals surface area contributed by atoms with E-state index in [1.54, 1.807) is 19.1 Å². The molecule has 0 atom stereocenters. The highest BCUT2D eigenvalue weighted by Gasteiger charge is 2.25. The van der Waals surface area contributed by atoms with Crippen molar-refractivity contribution in [3.63, 3.8) is 0 Å². The average Bonchev–Trinajstić information content (AvgIpc) is 2.37. The first-order valence-electron chi connectivity index (χ1n) is 5.93. The number of benzene rings is 1. The quantitative estimate of drug-likeness (QED) is 0.462. The lowest BCUT2D eigenvalue weighted by atomic mass is 10.1. The van der Waals surface area contributed by atoms with E-state index < -0.39 is 10.8 Å². The maximum Gasteiger partial charge on any atom is 0.285 e. The molecule has 1 aromatic carbocycles. The predicted molar refractivity (Wildman–Crippen MR) is 69.6 cm³/mol. The zero-order valence-corrected chi connectivity index (χ0v) is 10.9. The van der Waals surface area contributed by atoms with Gasteiger partial charge in [0.05, 0.1) is 11.0 Å². The molecule has 0 fully saturated rings. The van der Waals surface area contributed by atoms with Crippen LogP contribution in [0.5, 0.6) is 0 Å². The normalized spacial score (nSPS) is 9.74. The van der Waals surface area contributed by atoms with Crippen molar-refractivity contribution in [2.75, 3.05) is 13.1 Å². The first kappa shape index (κ1) is 14.6. The van der Waals surface area contributed by atoms with Gasteiger partial charge in [-0.15, -0.1) is 0 Å². The van der Waals surface area contributed by atoms with Crippen LogP contribution in [0.1, 0.15) is 29.3 Å². The highest BCUT2D eigenvalue weighted by molar-refractivity contribution is 5.98. The first-order chi connectivity index (χ1) is 9.02. The van der Waals surface area contributed by atoms with Gasteiger partial charge in [0, 0.05) is 12.1 Å². The smallest absolute Gasteiger partial charge is 0.285 e. The molecule has 100 valence electrons. The van der Waals surface area contributed by atoms with Crippen LogP contribution >= 0.6 is 0 Å². The maximum absolute atomic E-state index is 12.3. The minimum atomic E-state index is -0.556. The number of hydrogen-bond donors (Lipinski definition) is 0. The van der Waals surface area contributed by atoms with Crippen LogP contribution in [-0.4, -0.2) is 28.8 Å². The monoisotopic (exact) mass is 261 g/mol. The van der Waals surface area contributed by atoms with Crippen molar-refractivity contribution in [1.82, 2.24) is 4.90 Å². The van der Waals surface area contributed by atoms with Gasteiger partial charge in [-0.25, -0.2) is 0 Å². The van der Waals surface area contributed by atoms with Gasteiger partial charge in [0.2, 0.25) is 0 Å². The number of nitrogens with zero attached hydrogens (tertiary/aromatic N) is 3. The number of amides is 1. The number of hydrogen-bond acceptors (Lipinski definition) is 4. The summed E-state index contributed by atoms with van der Waals surface area (Å²) in [5.41, 5.74) is 0.282. The fourth-order valence-electron chi connectivity index (χ4n) is 1.85. The van der Waals surface area contributed by atoms with Crippen LogP contribution in [0.3, 0.4) is 0 Å².